The van der Waals surface area contributed by atoms with E-state index in [0.29, 0.717) is 12.6 Å². The maximum atomic E-state index is 13.5. The smallest absolute Gasteiger partial charge is 0.165 e. The van der Waals surface area contributed by atoms with Gasteiger partial charge in [-0.2, -0.15) is 0 Å². The molecule has 0 bridgehead atoms. The number of rotatable bonds is 6. The Morgan fingerprint density at radius 2 is 2.30 bits per heavy atom. The van der Waals surface area contributed by atoms with Crippen LogP contribution in [0.4, 0.5) is 4.39 Å². The molecule has 2 aromatic rings. The predicted molar refractivity (Wildman–Crippen MR) is 77.4 cm³/mol. The first kappa shape index (κ1) is 13.5. The van der Waals surface area contributed by atoms with Crippen LogP contribution in [0, 0.1) is 12.7 Å². The van der Waals surface area contributed by atoms with Gasteiger partial charge in [0, 0.05) is 18.0 Å². The van der Waals surface area contributed by atoms with Gasteiger partial charge in [-0.3, -0.25) is 0 Å². The highest BCUT2D eigenvalue weighted by atomic mass is 32.1. The lowest BCUT2D eigenvalue weighted by Gasteiger charge is -2.06. The first-order valence-corrected chi connectivity index (χ1v) is 7.64. The van der Waals surface area contributed by atoms with Gasteiger partial charge in [-0.1, -0.05) is 6.07 Å². The minimum Gasteiger partial charge on any atom is -0.484 e. The van der Waals surface area contributed by atoms with Crippen LogP contribution in [-0.4, -0.2) is 11.0 Å². The maximum Gasteiger partial charge on any atom is 0.165 e. The van der Waals surface area contributed by atoms with Gasteiger partial charge in [0.1, 0.15) is 11.6 Å². The molecular weight excluding hydrogens is 275 g/mol. The highest BCUT2D eigenvalue weighted by Crippen LogP contribution is 2.21. The van der Waals surface area contributed by atoms with Crippen LogP contribution >= 0.6 is 11.3 Å². The van der Waals surface area contributed by atoms with E-state index in [4.69, 9.17) is 4.74 Å². The Morgan fingerprint density at radius 1 is 1.45 bits per heavy atom. The molecule has 106 valence electrons. The van der Waals surface area contributed by atoms with E-state index in [0.717, 1.165) is 22.8 Å². The molecule has 1 aromatic heterocycles. The number of hydrogen-bond acceptors (Lipinski definition) is 4. The lowest BCUT2D eigenvalue weighted by atomic mass is 10.2. The minimum absolute atomic E-state index is 0.288. The molecule has 1 N–H and O–H groups in total. The summed E-state index contributed by atoms with van der Waals surface area (Å²) < 4.78 is 19.0. The fraction of sp³-hybridized carbons (Fsp3) is 0.400. The van der Waals surface area contributed by atoms with E-state index >= 15 is 0 Å². The number of ether oxygens (including phenoxy) is 1. The molecule has 0 unspecified atom stereocenters. The third-order valence-corrected chi connectivity index (χ3v) is 4.08. The number of thiazole rings is 1. The molecule has 0 radical (unpaired) electrons. The van der Waals surface area contributed by atoms with E-state index in [9.17, 15) is 4.39 Å². The summed E-state index contributed by atoms with van der Waals surface area (Å²) in [5.74, 6) is -0.0443. The van der Waals surface area contributed by atoms with Crippen molar-refractivity contribution in [3.05, 3.63) is 45.7 Å². The summed E-state index contributed by atoms with van der Waals surface area (Å²) in [5, 5.41) is 6.45. The van der Waals surface area contributed by atoms with Crippen LogP contribution in [0.25, 0.3) is 0 Å². The Kier molecular flexibility index (Phi) is 3.98. The zero-order chi connectivity index (χ0) is 13.9. The van der Waals surface area contributed by atoms with Crippen molar-refractivity contribution in [1.29, 1.82) is 0 Å². The molecule has 0 atom stereocenters. The largest absolute Gasteiger partial charge is 0.484 e. The number of benzene rings is 1. The van der Waals surface area contributed by atoms with Gasteiger partial charge in [0.05, 0.1) is 5.69 Å². The molecule has 20 heavy (non-hydrogen) atoms. The topological polar surface area (TPSA) is 34.1 Å². The van der Waals surface area contributed by atoms with Crippen molar-refractivity contribution in [2.24, 2.45) is 0 Å². The molecule has 3 nitrogen and oxygen atoms in total. The van der Waals surface area contributed by atoms with E-state index in [1.165, 1.54) is 18.9 Å². The third kappa shape index (κ3) is 3.55. The van der Waals surface area contributed by atoms with Crippen molar-refractivity contribution in [3.63, 3.8) is 0 Å². The van der Waals surface area contributed by atoms with Gasteiger partial charge in [0.15, 0.2) is 11.6 Å². The Morgan fingerprint density at radius 3 is 3.10 bits per heavy atom. The van der Waals surface area contributed by atoms with Gasteiger partial charge >= 0.3 is 0 Å². The molecule has 3 rings (SSSR count). The first-order valence-electron chi connectivity index (χ1n) is 6.76. The number of hydrogen-bond donors (Lipinski definition) is 1. The van der Waals surface area contributed by atoms with Gasteiger partial charge < -0.3 is 10.1 Å². The van der Waals surface area contributed by atoms with Crippen LogP contribution < -0.4 is 10.1 Å². The summed E-state index contributed by atoms with van der Waals surface area (Å²) in [6.45, 7) is 3.03. The summed E-state index contributed by atoms with van der Waals surface area (Å²) >= 11 is 1.61. The SMILES string of the molecule is Cc1ccc(F)c(OCc2csc(CNC3CC3)n2)c1. The van der Waals surface area contributed by atoms with E-state index in [1.54, 1.807) is 23.5 Å². The maximum absolute atomic E-state index is 13.5. The van der Waals surface area contributed by atoms with E-state index in [2.05, 4.69) is 10.3 Å². The lowest BCUT2D eigenvalue weighted by Crippen LogP contribution is -2.15. The number of halogens is 1. The predicted octanol–water partition coefficient (Wildman–Crippen LogP) is 3.42. The summed E-state index contributed by atoms with van der Waals surface area (Å²) in [4.78, 5) is 4.49. The molecule has 1 heterocycles. The average molecular weight is 292 g/mol. The van der Waals surface area contributed by atoms with Gasteiger partial charge in [0.25, 0.3) is 0 Å². The molecule has 0 amide bonds. The van der Waals surface area contributed by atoms with Crippen molar-refractivity contribution < 1.29 is 9.13 Å². The van der Waals surface area contributed by atoms with Crippen LogP contribution in [0.2, 0.25) is 0 Å². The number of nitrogens with zero attached hydrogens (tertiary/aromatic N) is 1. The number of aromatic nitrogens is 1. The average Bonchev–Trinajstić information content (AvgIpc) is 3.16. The van der Waals surface area contributed by atoms with Gasteiger partial charge in [-0.05, 0) is 37.5 Å². The van der Waals surface area contributed by atoms with Crippen LogP contribution in [0.1, 0.15) is 29.1 Å². The highest BCUT2D eigenvalue weighted by molar-refractivity contribution is 7.09. The monoisotopic (exact) mass is 292 g/mol. The molecule has 0 spiro atoms. The Hall–Kier alpha value is -1.46. The fourth-order valence-corrected chi connectivity index (χ4v) is 2.62. The van der Waals surface area contributed by atoms with Crippen molar-refractivity contribution in [1.82, 2.24) is 10.3 Å². The standard InChI is InChI=1S/C15H17FN2OS/c1-10-2-5-13(16)14(6-10)19-8-12-9-20-15(18-12)7-17-11-3-4-11/h2,5-6,9,11,17H,3-4,7-8H2,1H3. The van der Waals surface area contributed by atoms with Crippen LogP contribution in [0.15, 0.2) is 23.6 Å². The summed E-state index contributed by atoms with van der Waals surface area (Å²) in [6.07, 6.45) is 2.54. The van der Waals surface area contributed by atoms with Gasteiger partial charge in [0.2, 0.25) is 0 Å². The van der Waals surface area contributed by atoms with E-state index < -0.39 is 0 Å². The molecule has 0 saturated heterocycles. The molecule has 1 saturated carbocycles. The summed E-state index contributed by atoms with van der Waals surface area (Å²) in [5.41, 5.74) is 1.83. The van der Waals surface area contributed by atoms with Crippen LogP contribution in [0.3, 0.4) is 0 Å². The van der Waals surface area contributed by atoms with Crippen molar-refractivity contribution in [3.8, 4) is 5.75 Å². The van der Waals surface area contributed by atoms with Gasteiger partial charge in [-0.15, -0.1) is 11.3 Å². The van der Waals surface area contributed by atoms with E-state index in [-0.39, 0.29) is 11.6 Å². The molecule has 1 aromatic carbocycles. The second-order valence-corrected chi connectivity index (χ2v) is 6.05. The Balaban J connectivity index is 1.55. The second-order valence-electron chi connectivity index (χ2n) is 5.11. The number of nitrogens with one attached hydrogen (secondary N) is 1. The Labute approximate surface area is 121 Å². The molecular formula is C15H17FN2OS. The second kappa shape index (κ2) is 5.89. The van der Waals surface area contributed by atoms with Crippen molar-refractivity contribution in [2.75, 3.05) is 0 Å². The van der Waals surface area contributed by atoms with E-state index in [1.807, 2.05) is 12.3 Å². The molecule has 1 aliphatic carbocycles. The zero-order valence-electron chi connectivity index (χ0n) is 11.4. The van der Waals surface area contributed by atoms with Crippen LogP contribution in [0.5, 0.6) is 5.75 Å². The summed E-state index contributed by atoms with van der Waals surface area (Å²) in [6, 6.07) is 5.54. The zero-order valence-corrected chi connectivity index (χ0v) is 12.2. The van der Waals surface area contributed by atoms with Crippen molar-refractivity contribution >= 4 is 11.3 Å². The quantitative estimate of drug-likeness (QED) is 0.886. The highest BCUT2D eigenvalue weighted by Gasteiger charge is 2.20. The molecule has 1 fully saturated rings. The normalized spacial score (nSPS) is 14.5. The van der Waals surface area contributed by atoms with Crippen molar-refractivity contribution in [2.45, 2.75) is 39.0 Å². The van der Waals surface area contributed by atoms with Gasteiger partial charge in [-0.25, -0.2) is 9.37 Å². The molecule has 0 aliphatic heterocycles. The fourth-order valence-electron chi connectivity index (χ4n) is 1.89. The van der Waals surface area contributed by atoms with Crippen LogP contribution in [-0.2, 0) is 13.2 Å². The minimum atomic E-state index is -0.332. The molecule has 1 aliphatic rings. The molecule has 5 heteroatoms. The summed E-state index contributed by atoms with van der Waals surface area (Å²) in [7, 11) is 0. The first-order chi connectivity index (χ1) is 9.70. The third-order valence-electron chi connectivity index (χ3n) is 3.18. The number of aryl methyl sites for hydroxylation is 1. The Bertz CT molecular complexity index is 595. The lowest BCUT2D eigenvalue weighted by molar-refractivity contribution is 0.286.